The van der Waals surface area contributed by atoms with Gasteiger partial charge in [-0.05, 0) is 36.2 Å². The highest BCUT2D eigenvalue weighted by Crippen LogP contribution is 2.09. The van der Waals surface area contributed by atoms with Crippen LogP contribution in [-0.2, 0) is 17.8 Å². The maximum absolute atomic E-state index is 5.21. The van der Waals surface area contributed by atoms with Crippen molar-refractivity contribution in [1.29, 1.82) is 0 Å². The van der Waals surface area contributed by atoms with Gasteiger partial charge in [0.25, 0.3) is 0 Å². The Labute approximate surface area is 120 Å². The summed E-state index contributed by atoms with van der Waals surface area (Å²) in [5.41, 5.74) is 0. The van der Waals surface area contributed by atoms with Gasteiger partial charge in [0.15, 0.2) is 5.82 Å². The topological polar surface area (TPSA) is 68.1 Å². The van der Waals surface area contributed by atoms with E-state index in [-0.39, 0.29) is 0 Å². The molecule has 1 aliphatic heterocycles. The summed E-state index contributed by atoms with van der Waals surface area (Å²) in [6, 6.07) is 0.586. The Balaban J connectivity index is 1.92. The molecule has 2 heterocycles. The zero-order valence-electron chi connectivity index (χ0n) is 12.6. The molecule has 1 aliphatic rings. The first kappa shape index (κ1) is 15.3. The molecule has 1 N–H and O–H groups in total. The summed E-state index contributed by atoms with van der Waals surface area (Å²) in [6.07, 6.45) is 3.57. The molecule has 7 nitrogen and oxygen atoms in total. The van der Waals surface area contributed by atoms with Gasteiger partial charge >= 0.3 is 0 Å². The number of nitrogens with one attached hydrogen (secondary N) is 1. The van der Waals surface area contributed by atoms with Gasteiger partial charge in [0.1, 0.15) is 0 Å². The van der Waals surface area contributed by atoms with Gasteiger partial charge < -0.3 is 10.1 Å². The molecular formula is C13H26N6O. The number of hydrogen-bond acceptors (Lipinski definition) is 6. The van der Waals surface area contributed by atoms with Gasteiger partial charge in [-0.15, -0.1) is 5.10 Å². The van der Waals surface area contributed by atoms with Crippen molar-refractivity contribution in [3.05, 3.63) is 5.82 Å². The van der Waals surface area contributed by atoms with Crippen LogP contribution in [0.5, 0.6) is 0 Å². The Morgan fingerprint density at radius 2 is 2.40 bits per heavy atom. The fraction of sp³-hybridized carbons (Fsp3) is 0.923. The highest BCUT2D eigenvalue weighted by molar-refractivity contribution is 4.84. The van der Waals surface area contributed by atoms with Crippen LogP contribution in [-0.4, -0.2) is 64.5 Å². The molecular weight excluding hydrogens is 256 g/mol. The van der Waals surface area contributed by atoms with E-state index in [2.05, 4.69) is 32.7 Å². The number of aryl methyl sites for hydroxylation is 1. The first-order chi connectivity index (χ1) is 9.83. The van der Waals surface area contributed by atoms with E-state index in [1.807, 2.05) is 4.68 Å². The average molecular weight is 282 g/mol. The average Bonchev–Trinajstić information content (AvgIpc) is 3.09. The van der Waals surface area contributed by atoms with Crippen LogP contribution in [0.15, 0.2) is 0 Å². The van der Waals surface area contributed by atoms with Crippen LogP contribution in [0.3, 0.4) is 0 Å². The summed E-state index contributed by atoms with van der Waals surface area (Å²) in [5.74, 6) is 0.945. The zero-order chi connectivity index (χ0) is 14.2. The summed E-state index contributed by atoms with van der Waals surface area (Å²) in [5, 5.41) is 15.5. The van der Waals surface area contributed by atoms with E-state index in [1.165, 1.54) is 12.8 Å². The van der Waals surface area contributed by atoms with Crippen LogP contribution in [0.1, 0.15) is 32.0 Å². The van der Waals surface area contributed by atoms with E-state index in [9.17, 15) is 0 Å². The van der Waals surface area contributed by atoms with Crippen molar-refractivity contribution in [3.8, 4) is 0 Å². The molecule has 1 saturated heterocycles. The van der Waals surface area contributed by atoms with Gasteiger partial charge in [0, 0.05) is 32.8 Å². The molecule has 0 radical (unpaired) electrons. The molecule has 0 bridgehead atoms. The van der Waals surface area contributed by atoms with Crippen LogP contribution in [0.2, 0.25) is 0 Å². The standard InChI is InChI=1S/C13H26N6O/c1-3-7-19-13(15-16-17-19)11-18(8-9-20-2)10-12-5-4-6-14-12/h12,14H,3-11H2,1-2H3. The molecule has 1 aromatic rings. The van der Waals surface area contributed by atoms with E-state index in [1.54, 1.807) is 7.11 Å². The molecule has 0 aliphatic carbocycles. The summed E-state index contributed by atoms with van der Waals surface area (Å²) >= 11 is 0. The molecule has 1 fully saturated rings. The van der Waals surface area contributed by atoms with Crippen LogP contribution < -0.4 is 5.32 Å². The first-order valence-corrected chi connectivity index (χ1v) is 7.53. The second-order valence-electron chi connectivity index (χ2n) is 5.34. The number of rotatable bonds is 9. The van der Waals surface area contributed by atoms with Gasteiger partial charge in [0.05, 0.1) is 13.2 Å². The normalized spacial score (nSPS) is 19.1. The fourth-order valence-corrected chi connectivity index (χ4v) is 2.60. The van der Waals surface area contributed by atoms with Crippen molar-refractivity contribution in [2.45, 2.75) is 45.3 Å². The maximum Gasteiger partial charge on any atom is 0.165 e. The largest absolute Gasteiger partial charge is 0.383 e. The van der Waals surface area contributed by atoms with E-state index >= 15 is 0 Å². The quantitative estimate of drug-likeness (QED) is 0.702. The monoisotopic (exact) mass is 282 g/mol. The fourth-order valence-electron chi connectivity index (χ4n) is 2.60. The Morgan fingerprint density at radius 1 is 1.50 bits per heavy atom. The molecule has 0 amide bonds. The van der Waals surface area contributed by atoms with Gasteiger partial charge in [-0.2, -0.15) is 0 Å². The zero-order valence-corrected chi connectivity index (χ0v) is 12.6. The SMILES string of the molecule is CCCn1nnnc1CN(CCOC)CC1CCCN1. The second-order valence-corrected chi connectivity index (χ2v) is 5.34. The molecule has 0 saturated carbocycles. The molecule has 1 atom stereocenters. The minimum atomic E-state index is 0.586. The smallest absolute Gasteiger partial charge is 0.165 e. The number of hydrogen-bond donors (Lipinski definition) is 1. The molecule has 1 unspecified atom stereocenters. The van der Waals surface area contributed by atoms with Crippen molar-refractivity contribution in [2.75, 3.05) is 33.4 Å². The van der Waals surface area contributed by atoms with Crippen molar-refractivity contribution in [2.24, 2.45) is 0 Å². The van der Waals surface area contributed by atoms with Crippen LogP contribution >= 0.6 is 0 Å². The van der Waals surface area contributed by atoms with Gasteiger partial charge in [-0.1, -0.05) is 6.92 Å². The van der Waals surface area contributed by atoms with E-state index < -0.39 is 0 Å². The Morgan fingerprint density at radius 3 is 3.10 bits per heavy atom. The number of nitrogens with zero attached hydrogens (tertiary/aromatic N) is 5. The molecule has 0 spiro atoms. The maximum atomic E-state index is 5.21. The summed E-state index contributed by atoms with van der Waals surface area (Å²) in [7, 11) is 1.74. The molecule has 2 rings (SSSR count). The molecule has 7 heteroatoms. The van der Waals surface area contributed by atoms with E-state index in [0.29, 0.717) is 6.04 Å². The number of aromatic nitrogens is 4. The van der Waals surface area contributed by atoms with Crippen molar-refractivity contribution < 1.29 is 4.74 Å². The Hall–Kier alpha value is -1.05. The van der Waals surface area contributed by atoms with Gasteiger partial charge in [0.2, 0.25) is 0 Å². The summed E-state index contributed by atoms with van der Waals surface area (Å²) in [6.45, 7) is 7.61. The lowest BCUT2D eigenvalue weighted by Gasteiger charge is -2.24. The van der Waals surface area contributed by atoms with Crippen LogP contribution in [0.25, 0.3) is 0 Å². The molecule has 1 aromatic heterocycles. The van der Waals surface area contributed by atoms with Crippen LogP contribution in [0.4, 0.5) is 0 Å². The Kier molecular flexibility index (Phi) is 6.35. The van der Waals surface area contributed by atoms with Crippen molar-refractivity contribution in [3.63, 3.8) is 0 Å². The first-order valence-electron chi connectivity index (χ1n) is 7.53. The predicted molar refractivity (Wildman–Crippen MR) is 76.3 cm³/mol. The molecule has 20 heavy (non-hydrogen) atoms. The van der Waals surface area contributed by atoms with E-state index in [4.69, 9.17) is 4.74 Å². The van der Waals surface area contributed by atoms with E-state index in [0.717, 1.165) is 51.6 Å². The lowest BCUT2D eigenvalue weighted by molar-refractivity contribution is 0.135. The number of tetrazole rings is 1. The molecule has 0 aromatic carbocycles. The second kappa shape index (κ2) is 8.28. The number of methoxy groups -OCH3 is 1. The third-order valence-electron chi connectivity index (χ3n) is 3.66. The van der Waals surface area contributed by atoms with Gasteiger partial charge in [-0.25, -0.2) is 4.68 Å². The predicted octanol–water partition coefficient (Wildman–Crippen LogP) is 0.284. The molecule has 114 valence electrons. The summed E-state index contributed by atoms with van der Waals surface area (Å²) < 4.78 is 7.12. The Bertz CT molecular complexity index is 377. The lowest BCUT2D eigenvalue weighted by atomic mass is 10.2. The highest BCUT2D eigenvalue weighted by Gasteiger charge is 2.19. The third-order valence-corrected chi connectivity index (χ3v) is 3.66. The van der Waals surface area contributed by atoms with Crippen molar-refractivity contribution >= 4 is 0 Å². The minimum absolute atomic E-state index is 0.586. The van der Waals surface area contributed by atoms with Crippen LogP contribution in [0, 0.1) is 0 Å². The number of ether oxygens (including phenoxy) is 1. The third kappa shape index (κ3) is 4.50. The highest BCUT2D eigenvalue weighted by atomic mass is 16.5. The van der Waals surface area contributed by atoms with Crippen molar-refractivity contribution in [1.82, 2.24) is 30.4 Å². The minimum Gasteiger partial charge on any atom is -0.383 e. The van der Waals surface area contributed by atoms with Gasteiger partial charge in [-0.3, -0.25) is 4.90 Å². The summed E-state index contributed by atoms with van der Waals surface area (Å²) in [4.78, 5) is 2.38. The lowest BCUT2D eigenvalue weighted by Crippen LogP contribution is -2.39.